The molecule has 0 saturated heterocycles. The molecule has 2 atom stereocenters. The van der Waals surface area contributed by atoms with Gasteiger partial charge in [-0.1, -0.05) is 0 Å². The highest BCUT2D eigenvalue weighted by atomic mass is 32.2. The van der Waals surface area contributed by atoms with Gasteiger partial charge in [0, 0.05) is 14.1 Å². The molecule has 6 heteroatoms. The molecule has 90 valence electrons. The number of aliphatic imine (C=N–C) groups is 1. The Hall–Kier alpha value is -1.17. The van der Waals surface area contributed by atoms with Crippen molar-refractivity contribution in [1.29, 1.82) is 0 Å². The predicted octanol–water partition coefficient (Wildman–Crippen LogP) is 0.930. The smallest absolute Gasteiger partial charge is 0.310 e. The highest BCUT2D eigenvalue weighted by Crippen LogP contribution is 2.31. The summed E-state index contributed by atoms with van der Waals surface area (Å²) in [4.78, 5) is 17.2. The topological polar surface area (TPSA) is 78.9 Å². The van der Waals surface area contributed by atoms with E-state index in [4.69, 9.17) is 10.8 Å². The summed E-state index contributed by atoms with van der Waals surface area (Å²) >= 11 is 1.32. The van der Waals surface area contributed by atoms with Gasteiger partial charge in [-0.25, -0.2) is 0 Å². The van der Waals surface area contributed by atoms with Gasteiger partial charge in [-0.05, 0) is 31.2 Å². The molecule has 1 heterocycles. The molecule has 0 radical (unpaired) electrons. The summed E-state index contributed by atoms with van der Waals surface area (Å²) in [5, 5.41) is 10.4. The van der Waals surface area contributed by atoms with Crippen molar-refractivity contribution in [3.05, 3.63) is 10.6 Å². The Balaban J connectivity index is 2.98. The summed E-state index contributed by atoms with van der Waals surface area (Å²) in [5.74, 6) is -1.45. The van der Waals surface area contributed by atoms with Gasteiger partial charge in [0.05, 0.1) is 17.0 Å². The summed E-state index contributed by atoms with van der Waals surface area (Å²) in [6, 6.07) is -0.176. The van der Waals surface area contributed by atoms with E-state index in [2.05, 4.69) is 4.99 Å². The molecule has 0 aromatic heterocycles. The quantitative estimate of drug-likeness (QED) is 0.754. The third kappa shape index (κ3) is 2.49. The lowest BCUT2D eigenvalue weighted by molar-refractivity contribution is -0.139. The monoisotopic (exact) mass is 243 g/mol. The Kier molecular flexibility index (Phi) is 3.85. The Morgan fingerprint density at radius 3 is 2.56 bits per heavy atom. The highest BCUT2D eigenvalue weighted by Gasteiger charge is 2.29. The van der Waals surface area contributed by atoms with Crippen LogP contribution in [-0.2, 0) is 4.79 Å². The van der Waals surface area contributed by atoms with Gasteiger partial charge in [0.15, 0.2) is 5.17 Å². The number of hydrogen-bond acceptors (Lipinski definition) is 5. The molecular formula is C10H17N3O2S. The summed E-state index contributed by atoms with van der Waals surface area (Å²) in [6.07, 6.45) is 0. The van der Waals surface area contributed by atoms with Crippen LogP contribution < -0.4 is 5.73 Å². The first-order valence-corrected chi connectivity index (χ1v) is 5.81. The van der Waals surface area contributed by atoms with Gasteiger partial charge in [0.2, 0.25) is 0 Å². The Labute approximate surface area is 99.4 Å². The van der Waals surface area contributed by atoms with Gasteiger partial charge in [-0.15, -0.1) is 0 Å². The van der Waals surface area contributed by atoms with Crippen LogP contribution in [0.25, 0.3) is 0 Å². The molecule has 1 aliphatic heterocycles. The van der Waals surface area contributed by atoms with E-state index in [1.807, 2.05) is 25.9 Å². The Bertz CT molecular complexity index is 363. The fraction of sp³-hybridized carbons (Fsp3) is 0.600. The van der Waals surface area contributed by atoms with E-state index in [0.29, 0.717) is 10.6 Å². The fourth-order valence-electron chi connectivity index (χ4n) is 1.54. The summed E-state index contributed by atoms with van der Waals surface area (Å²) in [5.41, 5.74) is 6.61. The number of rotatable bonds is 2. The molecule has 0 saturated carbocycles. The van der Waals surface area contributed by atoms with Gasteiger partial charge in [0.1, 0.15) is 0 Å². The minimum atomic E-state index is -0.867. The summed E-state index contributed by atoms with van der Waals surface area (Å²) in [6.45, 7) is 3.50. The molecule has 1 aliphatic rings. The van der Waals surface area contributed by atoms with Crippen molar-refractivity contribution in [3.8, 4) is 0 Å². The number of carboxylic acids is 1. The van der Waals surface area contributed by atoms with Crippen LogP contribution in [0.5, 0.6) is 0 Å². The largest absolute Gasteiger partial charge is 0.481 e. The fourth-order valence-corrected chi connectivity index (χ4v) is 2.59. The molecule has 0 aromatic carbocycles. The van der Waals surface area contributed by atoms with Gasteiger partial charge < -0.3 is 15.7 Å². The van der Waals surface area contributed by atoms with Crippen LogP contribution in [0.15, 0.2) is 15.6 Å². The first-order valence-electron chi connectivity index (χ1n) is 5.00. The van der Waals surface area contributed by atoms with Crippen LogP contribution in [0.1, 0.15) is 13.8 Å². The average Bonchev–Trinajstić information content (AvgIpc) is 2.15. The van der Waals surface area contributed by atoms with Crippen molar-refractivity contribution in [2.24, 2.45) is 16.6 Å². The van der Waals surface area contributed by atoms with E-state index < -0.39 is 11.9 Å². The normalized spacial score (nSPS) is 22.8. The third-order valence-electron chi connectivity index (χ3n) is 2.46. The minimum absolute atomic E-state index is 0.176. The molecule has 0 aromatic rings. The van der Waals surface area contributed by atoms with Crippen molar-refractivity contribution in [1.82, 2.24) is 4.90 Å². The second kappa shape index (κ2) is 4.78. The number of aliphatic carboxylic acids is 1. The predicted molar refractivity (Wildman–Crippen MR) is 66.2 cm³/mol. The zero-order valence-corrected chi connectivity index (χ0v) is 10.7. The van der Waals surface area contributed by atoms with E-state index >= 15 is 0 Å². The Morgan fingerprint density at radius 1 is 1.62 bits per heavy atom. The number of thioether (sulfide) groups is 1. The van der Waals surface area contributed by atoms with Crippen LogP contribution in [-0.4, -0.2) is 41.3 Å². The van der Waals surface area contributed by atoms with Crippen LogP contribution >= 0.6 is 11.8 Å². The first kappa shape index (κ1) is 12.9. The van der Waals surface area contributed by atoms with Crippen LogP contribution in [0.4, 0.5) is 0 Å². The molecule has 1 rings (SSSR count). The lowest BCUT2D eigenvalue weighted by Crippen LogP contribution is -2.30. The first-order chi connectivity index (χ1) is 7.34. The third-order valence-corrected chi connectivity index (χ3v) is 3.57. The Morgan fingerprint density at radius 2 is 2.19 bits per heavy atom. The molecule has 0 spiro atoms. The summed E-state index contributed by atoms with van der Waals surface area (Å²) < 4.78 is 0. The standard InChI is InChI=1S/C10H17N3O2S/c1-5(9(14)15)7-6(2)12-10(13(3)4)16-8(7)11/h5-6H,11H2,1-4H3,(H,14,15). The molecule has 0 fully saturated rings. The van der Waals surface area contributed by atoms with Crippen molar-refractivity contribution in [2.45, 2.75) is 19.9 Å². The highest BCUT2D eigenvalue weighted by molar-refractivity contribution is 8.17. The van der Waals surface area contributed by atoms with E-state index in [9.17, 15) is 4.79 Å². The van der Waals surface area contributed by atoms with Gasteiger partial charge in [-0.2, -0.15) is 0 Å². The molecule has 16 heavy (non-hydrogen) atoms. The zero-order valence-electron chi connectivity index (χ0n) is 9.89. The van der Waals surface area contributed by atoms with Crippen LogP contribution in [0.2, 0.25) is 0 Å². The van der Waals surface area contributed by atoms with Crippen molar-refractivity contribution < 1.29 is 9.90 Å². The number of hydrogen-bond donors (Lipinski definition) is 2. The number of carbonyl (C=O) groups is 1. The second-order valence-corrected chi connectivity index (χ2v) is 4.97. The molecule has 0 amide bonds. The second-order valence-electron chi connectivity index (χ2n) is 3.96. The SMILES string of the molecule is CC1N=C(N(C)C)SC(N)=C1C(C)C(=O)O. The van der Waals surface area contributed by atoms with Crippen molar-refractivity contribution >= 4 is 22.9 Å². The summed E-state index contributed by atoms with van der Waals surface area (Å²) in [7, 11) is 3.77. The number of carboxylic acid groups (broad SMARTS) is 1. The molecule has 3 N–H and O–H groups in total. The lowest BCUT2D eigenvalue weighted by atomic mass is 9.96. The van der Waals surface area contributed by atoms with E-state index in [1.165, 1.54) is 11.8 Å². The van der Waals surface area contributed by atoms with E-state index in [0.717, 1.165) is 5.17 Å². The molecule has 0 bridgehead atoms. The molecule has 5 nitrogen and oxygen atoms in total. The van der Waals surface area contributed by atoms with Gasteiger partial charge in [-0.3, -0.25) is 9.79 Å². The molecular weight excluding hydrogens is 226 g/mol. The average molecular weight is 243 g/mol. The van der Waals surface area contributed by atoms with Gasteiger partial charge in [0.25, 0.3) is 0 Å². The number of nitrogens with two attached hydrogens (primary N) is 1. The maximum Gasteiger partial charge on any atom is 0.310 e. The van der Waals surface area contributed by atoms with Crippen molar-refractivity contribution in [3.63, 3.8) is 0 Å². The number of amidine groups is 1. The number of nitrogens with zero attached hydrogens (tertiary/aromatic N) is 2. The zero-order chi connectivity index (χ0) is 12.5. The van der Waals surface area contributed by atoms with Crippen molar-refractivity contribution in [2.75, 3.05) is 14.1 Å². The van der Waals surface area contributed by atoms with Crippen LogP contribution in [0, 0.1) is 5.92 Å². The van der Waals surface area contributed by atoms with E-state index in [1.54, 1.807) is 6.92 Å². The maximum atomic E-state index is 10.9. The maximum absolute atomic E-state index is 10.9. The molecule has 0 aliphatic carbocycles. The lowest BCUT2D eigenvalue weighted by Gasteiger charge is -2.27. The van der Waals surface area contributed by atoms with Gasteiger partial charge >= 0.3 is 5.97 Å². The van der Waals surface area contributed by atoms with E-state index in [-0.39, 0.29) is 6.04 Å². The van der Waals surface area contributed by atoms with Crippen LogP contribution in [0.3, 0.4) is 0 Å². The molecule has 2 unspecified atom stereocenters. The minimum Gasteiger partial charge on any atom is -0.481 e.